The van der Waals surface area contributed by atoms with Gasteiger partial charge in [-0.25, -0.2) is 0 Å². The van der Waals surface area contributed by atoms with Gasteiger partial charge >= 0.3 is 0 Å². The Morgan fingerprint density at radius 3 is 2.53 bits per heavy atom. The second-order valence-corrected chi connectivity index (χ2v) is 5.35. The number of nitrogens with zero attached hydrogens (tertiary/aromatic N) is 1. The maximum absolute atomic E-state index is 5.62. The van der Waals surface area contributed by atoms with Crippen molar-refractivity contribution in [3.05, 3.63) is 23.8 Å². The van der Waals surface area contributed by atoms with Crippen LogP contribution >= 0.6 is 0 Å². The smallest absolute Gasteiger partial charge is 0.161 e. The van der Waals surface area contributed by atoms with Crippen LogP contribution in [0.1, 0.15) is 25.5 Å². The zero-order valence-corrected chi connectivity index (χ0v) is 12.3. The molecule has 0 saturated carbocycles. The van der Waals surface area contributed by atoms with Gasteiger partial charge in [0.2, 0.25) is 0 Å². The van der Waals surface area contributed by atoms with Crippen LogP contribution in [-0.4, -0.2) is 44.8 Å². The molecule has 0 fully saturated rings. The average Bonchev–Trinajstić information content (AvgIpc) is 2.43. The molecular formula is C15H24N2O2. The van der Waals surface area contributed by atoms with E-state index in [1.54, 1.807) is 0 Å². The third kappa shape index (κ3) is 3.61. The Morgan fingerprint density at radius 2 is 1.84 bits per heavy atom. The molecule has 2 rings (SSSR count). The molecule has 1 aromatic rings. The summed E-state index contributed by atoms with van der Waals surface area (Å²) in [5.74, 6) is 1.71. The first-order valence-corrected chi connectivity index (χ1v) is 6.87. The molecule has 0 aliphatic carbocycles. The Balaban J connectivity index is 1.97. The van der Waals surface area contributed by atoms with Crippen LogP contribution in [0.25, 0.3) is 0 Å². The van der Waals surface area contributed by atoms with E-state index in [0.29, 0.717) is 25.3 Å². The summed E-state index contributed by atoms with van der Waals surface area (Å²) in [6.07, 6.45) is 0. The molecule has 4 heteroatoms. The summed E-state index contributed by atoms with van der Waals surface area (Å²) in [5, 5.41) is 3.55. The van der Waals surface area contributed by atoms with Gasteiger partial charge in [-0.1, -0.05) is 6.07 Å². The highest BCUT2D eigenvalue weighted by Crippen LogP contribution is 2.32. The van der Waals surface area contributed by atoms with Crippen molar-refractivity contribution in [3.8, 4) is 11.5 Å². The van der Waals surface area contributed by atoms with Gasteiger partial charge in [-0.05, 0) is 45.6 Å². The Labute approximate surface area is 115 Å². The monoisotopic (exact) mass is 264 g/mol. The lowest BCUT2D eigenvalue weighted by molar-refractivity contribution is 0.171. The predicted molar refractivity (Wildman–Crippen MR) is 77.0 cm³/mol. The lowest BCUT2D eigenvalue weighted by atomic mass is 10.1. The molecule has 1 aliphatic heterocycles. The number of hydrogen-bond donors (Lipinski definition) is 1. The first-order valence-electron chi connectivity index (χ1n) is 6.87. The molecule has 1 N–H and O–H groups in total. The maximum atomic E-state index is 5.62. The quantitative estimate of drug-likeness (QED) is 0.882. The molecule has 0 aromatic heterocycles. The van der Waals surface area contributed by atoms with Crippen molar-refractivity contribution in [2.75, 3.05) is 33.9 Å². The topological polar surface area (TPSA) is 33.7 Å². The van der Waals surface area contributed by atoms with E-state index < -0.39 is 0 Å². The van der Waals surface area contributed by atoms with E-state index >= 15 is 0 Å². The van der Waals surface area contributed by atoms with Crippen LogP contribution in [0.15, 0.2) is 18.2 Å². The third-order valence-electron chi connectivity index (χ3n) is 3.67. The molecule has 0 spiro atoms. The summed E-state index contributed by atoms with van der Waals surface area (Å²) in [4.78, 5) is 2.21. The Hall–Kier alpha value is -1.26. The van der Waals surface area contributed by atoms with E-state index in [1.807, 2.05) is 6.07 Å². The van der Waals surface area contributed by atoms with Crippen LogP contribution in [-0.2, 0) is 0 Å². The molecule has 1 heterocycles. The minimum atomic E-state index is 0.304. The summed E-state index contributed by atoms with van der Waals surface area (Å²) in [7, 11) is 4.20. The van der Waals surface area contributed by atoms with Crippen LogP contribution in [0.2, 0.25) is 0 Å². The number of nitrogens with one attached hydrogen (secondary N) is 1. The lowest BCUT2D eigenvalue weighted by Crippen LogP contribution is -2.36. The highest BCUT2D eigenvalue weighted by atomic mass is 16.6. The standard InChI is InChI=1S/C15H24N2O2/c1-11(17(3)4)10-16-12(2)13-5-6-14-15(9-13)19-8-7-18-14/h5-6,9,11-12,16H,7-8,10H2,1-4H3. The summed E-state index contributed by atoms with van der Waals surface area (Å²) in [5.41, 5.74) is 1.23. The number of ether oxygens (including phenoxy) is 2. The lowest BCUT2D eigenvalue weighted by Gasteiger charge is -2.24. The highest BCUT2D eigenvalue weighted by molar-refractivity contribution is 5.44. The minimum absolute atomic E-state index is 0.304. The Kier molecular flexibility index (Phi) is 4.66. The average molecular weight is 264 g/mol. The van der Waals surface area contributed by atoms with Gasteiger partial charge in [0.15, 0.2) is 11.5 Å². The zero-order chi connectivity index (χ0) is 13.8. The number of likely N-dealkylation sites (N-methyl/N-ethyl adjacent to an activating group) is 1. The van der Waals surface area contributed by atoms with Gasteiger partial charge in [-0.15, -0.1) is 0 Å². The van der Waals surface area contributed by atoms with Crippen LogP contribution in [0.4, 0.5) is 0 Å². The molecule has 4 nitrogen and oxygen atoms in total. The van der Waals surface area contributed by atoms with E-state index in [0.717, 1.165) is 18.0 Å². The van der Waals surface area contributed by atoms with Gasteiger partial charge in [0, 0.05) is 18.6 Å². The first-order chi connectivity index (χ1) is 9.08. The molecule has 106 valence electrons. The van der Waals surface area contributed by atoms with Crippen molar-refractivity contribution >= 4 is 0 Å². The molecule has 0 bridgehead atoms. The number of benzene rings is 1. The molecule has 0 radical (unpaired) electrons. The van der Waals surface area contributed by atoms with E-state index in [1.165, 1.54) is 5.56 Å². The number of fused-ring (bicyclic) bond motifs is 1. The number of hydrogen-bond acceptors (Lipinski definition) is 4. The summed E-state index contributed by atoms with van der Waals surface area (Å²) < 4.78 is 11.2. The fourth-order valence-corrected chi connectivity index (χ4v) is 1.98. The molecule has 0 amide bonds. The fraction of sp³-hybridized carbons (Fsp3) is 0.600. The Bertz CT molecular complexity index is 421. The van der Waals surface area contributed by atoms with Crippen molar-refractivity contribution in [2.24, 2.45) is 0 Å². The van der Waals surface area contributed by atoms with Gasteiger partial charge in [0.25, 0.3) is 0 Å². The molecule has 0 saturated heterocycles. The van der Waals surface area contributed by atoms with Crippen molar-refractivity contribution < 1.29 is 9.47 Å². The van der Waals surface area contributed by atoms with Crippen LogP contribution < -0.4 is 14.8 Å². The van der Waals surface area contributed by atoms with Crippen molar-refractivity contribution in [1.82, 2.24) is 10.2 Å². The van der Waals surface area contributed by atoms with Gasteiger partial charge in [-0.3, -0.25) is 0 Å². The molecule has 19 heavy (non-hydrogen) atoms. The van der Waals surface area contributed by atoms with Gasteiger partial charge in [-0.2, -0.15) is 0 Å². The predicted octanol–water partition coefficient (Wildman–Crippen LogP) is 2.06. The highest BCUT2D eigenvalue weighted by Gasteiger charge is 2.15. The third-order valence-corrected chi connectivity index (χ3v) is 3.67. The molecule has 2 unspecified atom stereocenters. The van der Waals surface area contributed by atoms with Crippen LogP contribution in [0.3, 0.4) is 0 Å². The van der Waals surface area contributed by atoms with Crippen molar-refractivity contribution in [3.63, 3.8) is 0 Å². The van der Waals surface area contributed by atoms with Gasteiger partial charge in [0.1, 0.15) is 13.2 Å². The molecule has 1 aliphatic rings. The van der Waals surface area contributed by atoms with E-state index in [9.17, 15) is 0 Å². The van der Waals surface area contributed by atoms with E-state index in [-0.39, 0.29) is 0 Å². The van der Waals surface area contributed by atoms with Crippen molar-refractivity contribution in [1.29, 1.82) is 0 Å². The maximum Gasteiger partial charge on any atom is 0.161 e. The van der Waals surface area contributed by atoms with E-state index in [4.69, 9.17) is 9.47 Å². The second kappa shape index (κ2) is 6.26. The molecular weight excluding hydrogens is 240 g/mol. The minimum Gasteiger partial charge on any atom is -0.486 e. The van der Waals surface area contributed by atoms with Crippen LogP contribution in [0.5, 0.6) is 11.5 Å². The largest absolute Gasteiger partial charge is 0.486 e. The summed E-state index contributed by atoms with van der Waals surface area (Å²) >= 11 is 0. The van der Waals surface area contributed by atoms with Gasteiger partial charge in [0.05, 0.1) is 0 Å². The van der Waals surface area contributed by atoms with Crippen LogP contribution in [0, 0.1) is 0 Å². The van der Waals surface area contributed by atoms with Gasteiger partial charge < -0.3 is 19.7 Å². The fourth-order valence-electron chi connectivity index (χ4n) is 1.98. The van der Waals surface area contributed by atoms with E-state index in [2.05, 4.69) is 50.3 Å². The number of rotatable bonds is 5. The normalized spacial score (nSPS) is 17.3. The van der Waals surface area contributed by atoms with Crippen molar-refractivity contribution in [2.45, 2.75) is 25.9 Å². The second-order valence-electron chi connectivity index (χ2n) is 5.35. The summed E-state index contributed by atoms with van der Waals surface area (Å²) in [6.45, 7) is 6.62. The Morgan fingerprint density at radius 1 is 1.16 bits per heavy atom. The SMILES string of the molecule is CC(NCC(C)N(C)C)c1ccc2c(c1)OCCO2. The first kappa shape index (κ1) is 14.2. The molecule has 2 atom stereocenters. The summed E-state index contributed by atoms with van der Waals surface area (Å²) in [6, 6.07) is 6.99. The zero-order valence-electron chi connectivity index (χ0n) is 12.3. The molecule has 1 aromatic carbocycles.